The molecule has 0 saturated heterocycles. The third kappa shape index (κ3) is 24.8. The maximum atomic E-state index is 12.0. The van der Waals surface area contributed by atoms with E-state index in [1.807, 2.05) is 25.9 Å². The van der Waals surface area contributed by atoms with Gasteiger partial charge < -0.3 is 4.74 Å². The van der Waals surface area contributed by atoms with Crippen LogP contribution in [0.3, 0.4) is 0 Å². The van der Waals surface area contributed by atoms with Gasteiger partial charge in [0.2, 0.25) is 0 Å². The van der Waals surface area contributed by atoms with E-state index in [1.54, 1.807) is 0 Å². The highest BCUT2D eigenvalue weighted by Crippen LogP contribution is 2.15. The van der Waals surface area contributed by atoms with Crippen LogP contribution in [0.1, 0.15) is 168 Å². The van der Waals surface area contributed by atoms with Crippen molar-refractivity contribution in [2.45, 2.75) is 174 Å². The van der Waals surface area contributed by atoms with Crippen LogP contribution in [0.5, 0.6) is 0 Å². The topological polar surface area (TPSA) is 29.5 Å². The number of allylic oxidation sites excluding steroid dienone is 2. The van der Waals surface area contributed by atoms with E-state index in [0.29, 0.717) is 6.61 Å². The molecular weight excluding hydrogens is 442 g/mol. The van der Waals surface area contributed by atoms with E-state index in [1.165, 1.54) is 141 Å². The number of hydrogen-bond donors (Lipinski definition) is 0. The fraction of sp³-hybridized carbons (Fsp3) is 0.909. The summed E-state index contributed by atoms with van der Waals surface area (Å²) >= 11 is 0. The lowest BCUT2D eigenvalue weighted by Crippen LogP contribution is -2.37. The predicted molar refractivity (Wildman–Crippen MR) is 160 cm³/mol. The van der Waals surface area contributed by atoms with Gasteiger partial charge in [-0.3, -0.25) is 9.69 Å². The zero-order valence-electron chi connectivity index (χ0n) is 25.2. The molecule has 0 heterocycles. The molecule has 3 heteroatoms. The number of nitrogens with zero attached hydrogens (tertiary/aromatic N) is 1. The second-order valence-corrected chi connectivity index (χ2v) is 11.1. The molecule has 0 aromatic carbocycles. The summed E-state index contributed by atoms with van der Waals surface area (Å²) in [5.41, 5.74) is 0. The summed E-state index contributed by atoms with van der Waals surface area (Å²) in [6, 6.07) is -0.0885. The van der Waals surface area contributed by atoms with Gasteiger partial charge in [0.05, 0.1) is 6.61 Å². The fourth-order valence-electron chi connectivity index (χ4n) is 5.00. The van der Waals surface area contributed by atoms with Crippen molar-refractivity contribution in [3.8, 4) is 0 Å². The third-order valence-corrected chi connectivity index (χ3v) is 7.42. The maximum Gasteiger partial charge on any atom is 0.323 e. The van der Waals surface area contributed by atoms with Gasteiger partial charge in [0.25, 0.3) is 0 Å². The van der Waals surface area contributed by atoms with E-state index in [0.717, 1.165) is 12.8 Å². The highest BCUT2D eigenvalue weighted by atomic mass is 16.5. The Labute approximate surface area is 227 Å². The Hall–Kier alpha value is -0.830. The van der Waals surface area contributed by atoms with Crippen molar-refractivity contribution in [1.29, 1.82) is 0 Å². The molecule has 0 aliphatic rings. The normalized spacial score (nSPS) is 12.6. The van der Waals surface area contributed by atoms with Crippen molar-refractivity contribution in [1.82, 2.24) is 4.90 Å². The largest absolute Gasteiger partial charge is 0.465 e. The van der Waals surface area contributed by atoms with Crippen LogP contribution in [0.15, 0.2) is 12.2 Å². The molecule has 0 aliphatic heterocycles. The van der Waals surface area contributed by atoms with Crippen molar-refractivity contribution in [2.75, 3.05) is 20.7 Å². The summed E-state index contributed by atoms with van der Waals surface area (Å²) in [4.78, 5) is 14.0. The van der Waals surface area contributed by atoms with Crippen molar-refractivity contribution >= 4 is 5.97 Å². The van der Waals surface area contributed by atoms with Gasteiger partial charge >= 0.3 is 5.97 Å². The van der Waals surface area contributed by atoms with Gasteiger partial charge in [0, 0.05) is 0 Å². The van der Waals surface area contributed by atoms with Crippen LogP contribution >= 0.6 is 0 Å². The first-order valence-corrected chi connectivity index (χ1v) is 16.1. The predicted octanol–water partition coefficient (Wildman–Crippen LogP) is 10.4. The minimum absolute atomic E-state index is 0.0743. The lowest BCUT2D eigenvalue weighted by molar-refractivity contribution is -0.148. The molecule has 0 aliphatic carbocycles. The first-order chi connectivity index (χ1) is 17.6. The SMILES string of the molecule is CCCCCCCCCCCCCCCCCCC/C=C/CCCCCCC(C(=O)OCC)N(C)C. The summed E-state index contributed by atoms with van der Waals surface area (Å²) in [6.45, 7) is 4.64. The Balaban J connectivity index is 3.30. The number of likely N-dealkylation sites (N-methyl/N-ethyl adjacent to an activating group) is 1. The number of ether oxygens (including phenoxy) is 1. The summed E-state index contributed by atoms with van der Waals surface area (Å²) < 4.78 is 5.18. The van der Waals surface area contributed by atoms with E-state index < -0.39 is 0 Å². The Morgan fingerprint density at radius 1 is 0.583 bits per heavy atom. The number of unbranched alkanes of at least 4 members (excludes halogenated alkanes) is 21. The van der Waals surface area contributed by atoms with Crippen LogP contribution in [0.2, 0.25) is 0 Å². The average Bonchev–Trinajstić information content (AvgIpc) is 2.86. The molecule has 0 rings (SSSR count). The molecule has 214 valence electrons. The van der Waals surface area contributed by atoms with Crippen molar-refractivity contribution < 1.29 is 9.53 Å². The number of hydrogen-bond acceptors (Lipinski definition) is 3. The average molecular weight is 508 g/mol. The Morgan fingerprint density at radius 3 is 1.31 bits per heavy atom. The molecule has 0 saturated carbocycles. The summed E-state index contributed by atoms with van der Waals surface area (Å²) in [5.74, 6) is -0.0743. The minimum atomic E-state index is -0.0885. The lowest BCUT2D eigenvalue weighted by atomic mass is 10.0. The molecular formula is C33H65NO2. The van der Waals surface area contributed by atoms with Gasteiger partial charge in [-0.2, -0.15) is 0 Å². The summed E-state index contributed by atoms with van der Waals surface area (Å²) in [5, 5.41) is 0. The van der Waals surface area contributed by atoms with Crippen molar-refractivity contribution in [3.05, 3.63) is 12.2 Å². The van der Waals surface area contributed by atoms with Gasteiger partial charge in [0.1, 0.15) is 6.04 Å². The van der Waals surface area contributed by atoms with Crippen LogP contribution in [-0.4, -0.2) is 37.6 Å². The number of rotatable bonds is 28. The Kier molecular flexibility index (Phi) is 28.1. The Bertz CT molecular complexity index is 474. The molecule has 1 unspecified atom stereocenters. The fourth-order valence-corrected chi connectivity index (χ4v) is 5.00. The van der Waals surface area contributed by atoms with Gasteiger partial charge in [-0.15, -0.1) is 0 Å². The maximum absolute atomic E-state index is 12.0. The standard InChI is InChI=1S/C33H65NO2/c1-5-7-8-9-10-11-12-13-14-15-16-17-18-19-20-21-22-23-24-25-26-27-28-29-30-31-32(34(3)4)33(35)36-6-2/h24-25,32H,5-23,26-31H2,1-4H3/b25-24+. The monoisotopic (exact) mass is 508 g/mol. The molecule has 0 fully saturated rings. The second-order valence-electron chi connectivity index (χ2n) is 11.1. The molecule has 0 aromatic heterocycles. The number of carbonyl (C=O) groups is 1. The van der Waals surface area contributed by atoms with Crippen molar-refractivity contribution in [3.63, 3.8) is 0 Å². The molecule has 0 amide bonds. The van der Waals surface area contributed by atoms with Gasteiger partial charge in [-0.05, 0) is 53.1 Å². The van der Waals surface area contributed by atoms with Gasteiger partial charge in [0.15, 0.2) is 0 Å². The van der Waals surface area contributed by atoms with E-state index in [2.05, 4.69) is 19.1 Å². The molecule has 0 spiro atoms. The van der Waals surface area contributed by atoms with E-state index in [-0.39, 0.29) is 12.0 Å². The third-order valence-electron chi connectivity index (χ3n) is 7.42. The van der Waals surface area contributed by atoms with Gasteiger partial charge in [-0.25, -0.2) is 0 Å². The lowest BCUT2D eigenvalue weighted by Gasteiger charge is -2.22. The molecule has 0 bridgehead atoms. The van der Waals surface area contributed by atoms with Crippen LogP contribution in [0.25, 0.3) is 0 Å². The summed E-state index contributed by atoms with van der Waals surface area (Å²) in [7, 11) is 3.93. The number of esters is 1. The van der Waals surface area contributed by atoms with E-state index >= 15 is 0 Å². The van der Waals surface area contributed by atoms with Crippen LogP contribution < -0.4 is 0 Å². The van der Waals surface area contributed by atoms with Crippen LogP contribution in [0, 0.1) is 0 Å². The highest BCUT2D eigenvalue weighted by molar-refractivity contribution is 5.75. The molecule has 0 aromatic rings. The molecule has 1 atom stereocenters. The van der Waals surface area contributed by atoms with Crippen LogP contribution in [0.4, 0.5) is 0 Å². The molecule has 36 heavy (non-hydrogen) atoms. The smallest absolute Gasteiger partial charge is 0.323 e. The van der Waals surface area contributed by atoms with Crippen LogP contribution in [-0.2, 0) is 9.53 Å². The van der Waals surface area contributed by atoms with E-state index in [4.69, 9.17) is 4.74 Å². The first kappa shape index (κ1) is 35.2. The second kappa shape index (κ2) is 28.7. The number of carbonyl (C=O) groups excluding carboxylic acids is 1. The molecule has 0 radical (unpaired) electrons. The van der Waals surface area contributed by atoms with Crippen molar-refractivity contribution in [2.24, 2.45) is 0 Å². The van der Waals surface area contributed by atoms with E-state index in [9.17, 15) is 4.79 Å². The van der Waals surface area contributed by atoms with Gasteiger partial charge in [-0.1, -0.05) is 141 Å². The zero-order valence-corrected chi connectivity index (χ0v) is 25.2. The molecule has 3 nitrogen and oxygen atoms in total. The Morgan fingerprint density at radius 2 is 0.944 bits per heavy atom. The summed E-state index contributed by atoms with van der Waals surface area (Å²) in [6.07, 6.45) is 37.4. The highest BCUT2D eigenvalue weighted by Gasteiger charge is 2.21. The first-order valence-electron chi connectivity index (χ1n) is 16.1. The zero-order chi connectivity index (χ0) is 26.5. The minimum Gasteiger partial charge on any atom is -0.465 e. The quantitative estimate of drug-likeness (QED) is 0.0599. The molecule has 0 N–H and O–H groups in total.